The molecule has 0 aliphatic carbocycles. The molecule has 0 spiro atoms. The SMILES string of the molecule is CCOC(=O)CN(CCOCCOCCNC(=O)CCCCCCCCC#CC#CCCC(=O)O)CC(=O)OCC. The maximum Gasteiger partial charge on any atom is 0.320 e. The van der Waals surface area contributed by atoms with Gasteiger partial charge in [-0.05, 0) is 38.5 Å². The second-order valence-corrected chi connectivity index (χ2v) is 9.01. The van der Waals surface area contributed by atoms with Gasteiger partial charge in [0, 0.05) is 32.4 Å². The molecule has 0 unspecified atom stereocenters. The molecule has 1 amide bonds. The quantitative estimate of drug-likeness (QED) is 0.0940. The number of nitrogens with one attached hydrogen (secondary N) is 1. The first-order valence-electron chi connectivity index (χ1n) is 14.5. The summed E-state index contributed by atoms with van der Waals surface area (Å²) in [5, 5.41) is 11.4. The lowest BCUT2D eigenvalue weighted by Gasteiger charge is -2.20. The predicted molar refractivity (Wildman–Crippen MR) is 154 cm³/mol. The average Bonchev–Trinajstić information content (AvgIpc) is 2.92. The summed E-state index contributed by atoms with van der Waals surface area (Å²) in [6.45, 7) is 6.22. The zero-order chi connectivity index (χ0) is 30.4. The second-order valence-electron chi connectivity index (χ2n) is 9.01. The Bertz CT molecular complexity index is 835. The van der Waals surface area contributed by atoms with Crippen LogP contribution >= 0.6 is 0 Å². The van der Waals surface area contributed by atoms with Crippen LogP contribution in [0.2, 0.25) is 0 Å². The van der Waals surface area contributed by atoms with Crippen molar-refractivity contribution < 1.29 is 43.2 Å². The van der Waals surface area contributed by atoms with E-state index in [1.165, 1.54) is 0 Å². The van der Waals surface area contributed by atoms with E-state index in [1.54, 1.807) is 18.7 Å². The number of hydrogen-bond donors (Lipinski definition) is 2. The lowest BCUT2D eigenvalue weighted by molar-refractivity contribution is -0.148. The van der Waals surface area contributed by atoms with Crippen molar-refractivity contribution >= 4 is 23.8 Å². The number of carbonyl (C=O) groups is 4. The van der Waals surface area contributed by atoms with Gasteiger partial charge in [0.1, 0.15) is 0 Å². The maximum atomic E-state index is 11.9. The number of amides is 1. The van der Waals surface area contributed by atoms with E-state index in [0.29, 0.717) is 52.4 Å². The predicted octanol–water partition coefficient (Wildman–Crippen LogP) is 2.56. The molecule has 232 valence electrons. The Morgan fingerprint density at radius 3 is 1.88 bits per heavy atom. The molecular formula is C30H48N2O9. The summed E-state index contributed by atoms with van der Waals surface area (Å²) in [5.74, 6) is 9.48. The number of rotatable bonds is 25. The van der Waals surface area contributed by atoms with Gasteiger partial charge in [0.15, 0.2) is 0 Å². The summed E-state index contributed by atoms with van der Waals surface area (Å²) >= 11 is 0. The van der Waals surface area contributed by atoms with Gasteiger partial charge in [0.2, 0.25) is 5.91 Å². The Morgan fingerprint density at radius 2 is 1.27 bits per heavy atom. The molecule has 0 rings (SSSR count). The molecule has 0 aliphatic rings. The van der Waals surface area contributed by atoms with Crippen molar-refractivity contribution in [2.45, 2.75) is 78.1 Å². The Balaban J connectivity index is 3.65. The van der Waals surface area contributed by atoms with Crippen molar-refractivity contribution in [3.63, 3.8) is 0 Å². The molecule has 0 heterocycles. The summed E-state index contributed by atoms with van der Waals surface area (Å²) < 4.78 is 20.9. The van der Waals surface area contributed by atoms with Gasteiger partial charge in [-0.15, -0.1) is 0 Å². The summed E-state index contributed by atoms with van der Waals surface area (Å²) in [6.07, 6.45) is 7.84. The molecule has 0 aromatic rings. The van der Waals surface area contributed by atoms with Crippen molar-refractivity contribution in [3.8, 4) is 23.7 Å². The van der Waals surface area contributed by atoms with E-state index in [4.69, 9.17) is 24.1 Å². The van der Waals surface area contributed by atoms with Gasteiger partial charge >= 0.3 is 17.9 Å². The summed E-state index contributed by atoms with van der Waals surface area (Å²) in [6, 6.07) is 0. The Labute approximate surface area is 245 Å². The molecule has 11 nitrogen and oxygen atoms in total. The van der Waals surface area contributed by atoms with Crippen LogP contribution in [-0.4, -0.2) is 99.6 Å². The maximum absolute atomic E-state index is 11.9. The highest BCUT2D eigenvalue weighted by Crippen LogP contribution is 2.08. The number of unbranched alkanes of at least 4 members (excludes halogenated alkanes) is 6. The van der Waals surface area contributed by atoms with Crippen molar-refractivity contribution in [1.29, 1.82) is 0 Å². The summed E-state index contributed by atoms with van der Waals surface area (Å²) in [7, 11) is 0. The molecule has 11 heteroatoms. The molecule has 0 saturated carbocycles. The highest BCUT2D eigenvalue weighted by molar-refractivity contribution is 5.76. The van der Waals surface area contributed by atoms with Gasteiger partial charge in [0.25, 0.3) is 0 Å². The first-order valence-corrected chi connectivity index (χ1v) is 14.5. The first kappa shape index (κ1) is 37.9. The molecule has 0 atom stereocenters. The average molecular weight is 581 g/mol. The van der Waals surface area contributed by atoms with E-state index in [1.807, 2.05) is 0 Å². The Morgan fingerprint density at radius 1 is 0.707 bits per heavy atom. The molecule has 0 fully saturated rings. The van der Waals surface area contributed by atoms with Crippen molar-refractivity contribution in [3.05, 3.63) is 0 Å². The summed E-state index contributed by atoms with van der Waals surface area (Å²) in [4.78, 5) is 47.4. The van der Waals surface area contributed by atoms with Gasteiger partial charge in [-0.25, -0.2) is 0 Å². The van der Waals surface area contributed by atoms with Crippen LogP contribution in [0.3, 0.4) is 0 Å². The van der Waals surface area contributed by atoms with E-state index >= 15 is 0 Å². The lowest BCUT2D eigenvalue weighted by atomic mass is 10.1. The van der Waals surface area contributed by atoms with E-state index in [-0.39, 0.29) is 38.6 Å². The van der Waals surface area contributed by atoms with E-state index in [2.05, 4.69) is 29.0 Å². The number of ether oxygens (including phenoxy) is 4. The van der Waals surface area contributed by atoms with Crippen LogP contribution in [0, 0.1) is 23.7 Å². The van der Waals surface area contributed by atoms with Crippen molar-refractivity contribution in [2.75, 3.05) is 65.8 Å². The second kappa shape index (κ2) is 28.4. The van der Waals surface area contributed by atoms with Crippen molar-refractivity contribution in [2.24, 2.45) is 0 Å². The van der Waals surface area contributed by atoms with E-state index < -0.39 is 17.9 Å². The fourth-order valence-corrected chi connectivity index (χ4v) is 3.45. The van der Waals surface area contributed by atoms with Crippen LogP contribution in [0.15, 0.2) is 0 Å². The number of carboxylic acid groups (broad SMARTS) is 1. The molecule has 2 N–H and O–H groups in total. The number of carbonyl (C=O) groups excluding carboxylic acids is 3. The standard InChI is InChI=1S/C30H48N2O9/c1-3-40-29(36)25-32(26-30(37)41-4-2)20-22-39-24-23-38-21-19-31-27(33)17-15-13-11-9-7-5-6-8-10-12-14-16-18-28(34)35/h3-7,9,11,13,15-26H2,1-2H3,(H,31,33)(H,34,35). The summed E-state index contributed by atoms with van der Waals surface area (Å²) in [5.41, 5.74) is 0. The van der Waals surface area contributed by atoms with E-state index in [0.717, 1.165) is 44.9 Å². The van der Waals surface area contributed by atoms with E-state index in [9.17, 15) is 19.2 Å². The number of aliphatic carboxylic acids is 1. The van der Waals surface area contributed by atoms with Gasteiger partial charge < -0.3 is 29.4 Å². The molecule has 41 heavy (non-hydrogen) atoms. The number of carboxylic acids is 1. The fraction of sp³-hybridized carbons (Fsp3) is 0.733. The molecule has 0 radical (unpaired) electrons. The van der Waals surface area contributed by atoms with Crippen LogP contribution in [0.4, 0.5) is 0 Å². The lowest BCUT2D eigenvalue weighted by Crippen LogP contribution is -2.38. The highest BCUT2D eigenvalue weighted by Gasteiger charge is 2.16. The smallest absolute Gasteiger partial charge is 0.320 e. The monoisotopic (exact) mass is 580 g/mol. The minimum absolute atomic E-state index is 0.0148. The zero-order valence-corrected chi connectivity index (χ0v) is 24.8. The fourth-order valence-electron chi connectivity index (χ4n) is 3.45. The third-order valence-electron chi connectivity index (χ3n) is 5.47. The van der Waals surface area contributed by atoms with Gasteiger partial charge in [-0.2, -0.15) is 0 Å². The minimum atomic E-state index is -0.848. The van der Waals surface area contributed by atoms with Gasteiger partial charge in [-0.1, -0.05) is 37.5 Å². The Hall–Kier alpha value is -3.12. The largest absolute Gasteiger partial charge is 0.481 e. The molecular weight excluding hydrogens is 532 g/mol. The third-order valence-corrected chi connectivity index (χ3v) is 5.47. The number of nitrogens with zero attached hydrogens (tertiary/aromatic N) is 1. The van der Waals surface area contributed by atoms with Gasteiger partial charge in [0.05, 0.1) is 59.2 Å². The van der Waals surface area contributed by atoms with Crippen LogP contribution < -0.4 is 5.32 Å². The topological polar surface area (TPSA) is 141 Å². The Kier molecular flexibility index (Phi) is 26.2. The van der Waals surface area contributed by atoms with Crippen LogP contribution in [0.1, 0.15) is 78.1 Å². The normalized spacial score (nSPS) is 10.2. The first-order chi connectivity index (χ1) is 19.9. The zero-order valence-electron chi connectivity index (χ0n) is 24.8. The minimum Gasteiger partial charge on any atom is -0.481 e. The van der Waals surface area contributed by atoms with Crippen LogP contribution in [0.5, 0.6) is 0 Å². The molecule has 0 aliphatic heterocycles. The number of esters is 2. The number of hydrogen-bond acceptors (Lipinski definition) is 9. The van der Waals surface area contributed by atoms with Crippen LogP contribution in [-0.2, 0) is 38.1 Å². The molecule has 0 aromatic heterocycles. The third kappa shape index (κ3) is 28.2. The molecule has 0 saturated heterocycles. The van der Waals surface area contributed by atoms with Crippen molar-refractivity contribution in [1.82, 2.24) is 10.2 Å². The highest BCUT2D eigenvalue weighted by atomic mass is 16.5. The van der Waals surface area contributed by atoms with Gasteiger partial charge in [-0.3, -0.25) is 24.1 Å². The molecule has 0 aromatic carbocycles. The van der Waals surface area contributed by atoms with Crippen LogP contribution in [0.25, 0.3) is 0 Å². The molecule has 0 bridgehead atoms.